The summed E-state index contributed by atoms with van der Waals surface area (Å²) in [7, 11) is 1.47. The molecule has 1 aromatic carbocycles. The van der Waals surface area contributed by atoms with E-state index in [0.29, 0.717) is 28.3 Å². The van der Waals surface area contributed by atoms with Crippen molar-refractivity contribution in [2.45, 2.75) is 40.7 Å². The smallest absolute Gasteiger partial charge is 0.340 e. The second-order valence-corrected chi connectivity index (χ2v) is 6.88. The molecule has 0 aliphatic rings. The van der Waals surface area contributed by atoms with Gasteiger partial charge in [0.25, 0.3) is 0 Å². The highest BCUT2D eigenvalue weighted by Crippen LogP contribution is 2.29. The summed E-state index contributed by atoms with van der Waals surface area (Å²) in [5.41, 5.74) is 1.73. The number of aryl methyl sites for hydroxylation is 1. The number of benzene rings is 1. The van der Waals surface area contributed by atoms with Crippen molar-refractivity contribution in [3.63, 3.8) is 0 Å². The number of carbonyl (C=O) groups excluding carboxylic acids is 3. The maximum Gasteiger partial charge on any atom is 0.340 e. The van der Waals surface area contributed by atoms with Crippen molar-refractivity contribution in [3.8, 4) is 11.5 Å². The summed E-state index contributed by atoms with van der Waals surface area (Å²) in [4.78, 5) is 39.9. The third kappa shape index (κ3) is 5.20. The molecule has 2 aromatic rings. The zero-order valence-electron chi connectivity index (χ0n) is 18.1. The van der Waals surface area contributed by atoms with Crippen molar-refractivity contribution in [2.75, 3.05) is 20.3 Å². The number of hydrogen-bond donors (Lipinski definition) is 1. The van der Waals surface area contributed by atoms with Crippen LogP contribution in [-0.2, 0) is 9.47 Å². The van der Waals surface area contributed by atoms with E-state index in [2.05, 4.69) is 4.98 Å². The van der Waals surface area contributed by atoms with Gasteiger partial charge in [0.1, 0.15) is 0 Å². The first-order chi connectivity index (χ1) is 14.2. The fourth-order valence-corrected chi connectivity index (χ4v) is 2.97. The second-order valence-electron chi connectivity index (χ2n) is 6.88. The molecule has 1 aromatic heterocycles. The molecule has 0 bridgehead atoms. The summed E-state index contributed by atoms with van der Waals surface area (Å²) in [6.07, 6.45) is -0.0543. The van der Waals surface area contributed by atoms with Crippen molar-refractivity contribution < 1.29 is 33.3 Å². The van der Waals surface area contributed by atoms with E-state index in [1.54, 1.807) is 26.8 Å². The van der Waals surface area contributed by atoms with Crippen LogP contribution in [-0.4, -0.2) is 49.1 Å². The monoisotopic (exact) mass is 417 g/mol. The zero-order valence-corrected chi connectivity index (χ0v) is 18.1. The highest BCUT2D eigenvalue weighted by Gasteiger charge is 2.24. The first-order valence-corrected chi connectivity index (χ1v) is 9.60. The standard InChI is InChI=1S/C22H27NO7/c1-7-28-22(26)19-13(4)20(23-14(19)5)16(24)11-29-21(25)15-8-9-17(30-12(2)3)18(10-15)27-6/h8-10,12,23H,7,11H2,1-6H3. The van der Waals surface area contributed by atoms with E-state index in [-0.39, 0.29) is 24.0 Å². The van der Waals surface area contributed by atoms with Crippen molar-refractivity contribution in [1.29, 1.82) is 0 Å². The molecule has 1 heterocycles. The van der Waals surface area contributed by atoms with E-state index in [0.717, 1.165) is 0 Å². The molecule has 0 radical (unpaired) electrons. The molecule has 162 valence electrons. The van der Waals surface area contributed by atoms with E-state index in [1.807, 2.05) is 13.8 Å². The third-order valence-corrected chi connectivity index (χ3v) is 4.29. The molecule has 0 saturated heterocycles. The first kappa shape index (κ1) is 23.0. The van der Waals surface area contributed by atoms with Gasteiger partial charge in [-0.25, -0.2) is 9.59 Å². The Bertz CT molecular complexity index is 943. The highest BCUT2D eigenvalue weighted by molar-refractivity contribution is 6.03. The Kier molecular flexibility index (Phi) is 7.63. The number of esters is 2. The molecule has 0 fully saturated rings. The van der Waals surface area contributed by atoms with Crippen LogP contribution < -0.4 is 9.47 Å². The largest absolute Gasteiger partial charge is 0.493 e. The summed E-state index contributed by atoms with van der Waals surface area (Å²) in [6.45, 7) is 8.54. The van der Waals surface area contributed by atoms with Crippen LogP contribution in [0.2, 0.25) is 0 Å². The molecule has 0 saturated carbocycles. The Balaban J connectivity index is 2.11. The molecular weight excluding hydrogens is 390 g/mol. The Morgan fingerprint density at radius 2 is 1.73 bits per heavy atom. The normalized spacial score (nSPS) is 10.6. The van der Waals surface area contributed by atoms with Crippen LogP contribution in [0.4, 0.5) is 0 Å². The fraction of sp³-hybridized carbons (Fsp3) is 0.409. The highest BCUT2D eigenvalue weighted by atomic mass is 16.5. The maximum atomic E-state index is 12.5. The number of Topliss-reactive ketones (excluding diaryl/α,β-unsaturated/α-hetero) is 1. The zero-order chi connectivity index (χ0) is 22.4. The Morgan fingerprint density at radius 3 is 2.33 bits per heavy atom. The number of ketones is 1. The van der Waals surface area contributed by atoms with Gasteiger partial charge in [0.2, 0.25) is 5.78 Å². The lowest BCUT2D eigenvalue weighted by Gasteiger charge is -2.14. The van der Waals surface area contributed by atoms with Crippen LogP contribution >= 0.6 is 0 Å². The molecule has 0 amide bonds. The van der Waals surface area contributed by atoms with Crippen LogP contribution in [0.3, 0.4) is 0 Å². The van der Waals surface area contributed by atoms with E-state index in [9.17, 15) is 14.4 Å². The lowest BCUT2D eigenvalue weighted by atomic mass is 10.1. The molecule has 2 rings (SSSR count). The molecule has 0 aliphatic carbocycles. The molecular formula is C22H27NO7. The van der Waals surface area contributed by atoms with E-state index < -0.39 is 24.3 Å². The number of rotatable bonds is 9. The minimum atomic E-state index is -0.677. The van der Waals surface area contributed by atoms with Crippen LogP contribution in [0.15, 0.2) is 18.2 Å². The Hall–Kier alpha value is -3.29. The summed E-state index contributed by atoms with van der Waals surface area (Å²) in [5, 5.41) is 0. The second kappa shape index (κ2) is 9.96. The number of aromatic amines is 1. The lowest BCUT2D eigenvalue weighted by molar-refractivity contribution is 0.0472. The molecule has 30 heavy (non-hydrogen) atoms. The van der Waals surface area contributed by atoms with Crippen LogP contribution in [0, 0.1) is 13.8 Å². The van der Waals surface area contributed by atoms with Crippen LogP contribution in [0.1, 0.15) is 63.2 Å². The van der Waals surface area contributed by atoms with Gasteiger partial charge < -0.3 is 23.9 Å². The van der Waals surface area contributed by atoms with Crippen molar-refractivity contribution in [2.24, 2.45) is 0 Å². The third-order valence-electron chi connectivity index (χ3n) is 4.29. The SMILES string of the molecule is CCOC(=O)c1c(C)[nH]c(C(=O)COC(=O)c2ccc(OC(C)C)c(OC)c2)c1C. The predicted octanol–water partition coefficient (Wildman–Crippen LogP) is 3.64. The number of aromatic nitrogens is 1. The Morgan fingerprint density at radius 1 is 1.03 bits per heavy atom. The van der Waals surface area contributed by atoms with Gasteiger partial charge in [-0.2, -0.15) is 0 Å². The topological polar surface area (TPSA) is 104 Å². The van der Waals surface area contributed by atoms with Gasteiger partial charge in [0.05, 0.1) is 36.6 Å². The van der Waals surface area contributed by atoms with E-state index in [4.69, 9.17) is 18.9 Å². The van der Waals surface area contributed by atoms with Gasteiger partial charge in [-0.15, -0.1) is 0 Å². The van der Waals surface area contributed by atoms with E-state index >= 15 is 0 Å². The molecule has 8 heteroatoms. The summed E-state index contributed by atoms with van der Waals surface area (Å²) < 4.78 is 21.0. The van der Waals surface area contributed by atoms with Gasteiger partial charge in [-0.3, -0.25) is 4.79 Å². The Labute approximate surface area is 175 Å². The summed E-state index contributed by atoms with van der Waals surface area (Å²) >= 11 is 0. The molecule has 0 atom stereocenters. The minimum Gasteiger partial charge on any atom is -0.493 e. The fourth-order valence-electron chi connectivity index (χ4n) is 2.97. The predicted molar refractivity (Wildman–Crippen MR) is 110 cm³/mol. The number of hydrogen-bond acceptors (Lipinski definition) is 7. The van der Waals surface area contributed by atoms with Gasteiger partial charge in [-0.1, -0.05) is 0 Å². The number of methoxy groups -OCH3 is 1. The summed E-state index contributed by atoms with van der Waals surface area (Å²) in [5.74, 6) is -0.741. The van der Waals surface area contributed by atoms with Crippen LogP contribution in [0.25, 0.3) is 0 Å². The van der Waals surface area contributed by atoms with Gasteiger partial charge in [-0.05, 0) is 58.4 Å². The van der Waals surface area contributed by atoms with Crippen LogP contribution in [0.5, 0.6) is 11.5 Å². The molecule has 0 spiro atoms. The number of H-pyrrole nitrogens is 1. The van der Waals surface area contributed by atoms with Crippen molar-refractivity contribution >= 4 is 17.7 Å². The average Bonchev–Trinajstić information content (AvgIpc) is 3.00. The van der Waals surface area contributed by atoms with Gasteiger partial charge in [0, 0.05) is 5.69 Å². The molecule has 1 N–H and O–H groups in total. The minimum absolute atomic E-state index is 0.0543. The quantitative estimate of drug-likeness (QED) is 0.491. The van der Waals surface area contributed by atoms with Crippen molar-refractivity contribution in [1.82, 2.24) is 4.98 Å². The number of carbonyl (C=O) groups is 3. The number of ether oxygens (including phenoxy) is 4. The summed E-state index contributed by atoms with van der Waals surface area (Å²) in [6, 6.07) is 4.64. The maximum absolute atomic E-state index is 12.5. The first-order valence-electron chi connectivity index (χ1n) is 9.60. The van der Waals surface area contributed by atoms with Gasteiger partial charge >= 0.3 is 11.9 Å². The van der Waals surface area contributed by atoms with Gasteiger partial charge in [0.15, 0.2) is 18.1 Å². The molecule has 8 nitrogen and oxygen atoms in total. The van der Waals surface area contributed by atoms with E-state index in [1.165, 1.54) is 19.2 Å². The molecule has 0 unspecified atom stereocenters. The average molecular weight is 417 g/mol. The number of nitrogens with one attached hydrogen (secondary N) is 1. The lowest BCUT2D eigenvalue weighted by Crippen LogP contribution is -2.16. The molecule has 0 aliphatic heterocycles. The van der Waals surface area contributed by atoms with Crippen molar-refractivity contribution in [3.05, 3.63) is 46.3 Å².